The Morgan fingerprint density at radius 1 is 1.36 bits per heavy atom. The second-order valence-corrected chi connectivity index (χ2v) is 5.79. The summed E-state index contributed by atoms with van der Waals surface area (Å²) in [6, 6.07) is 10.7. The number of esters is 1. The molecule has 22 heavy (non-hydrogen) atoms. The molecular weight excluding hydrogens is 370 g/mol. The first kappa shape index (κ1) is 16.5. The van der Waals surface area contributed by atoms with Crippen molar-refractivity contribution in [2.45, 2.75) is 11.3 Å². The Hall–Kier alpha value is -1.86. The summed E-state index contributed by atoms with van der Waals surface area (Å²) in [6.07, 6.45) is 0.239. The van der Waals surface area contributed by atoms with Gasteiger partial charge in [0.1, 0.15) is 0 Å². The van der Waals surface area contributed by atoms with Gasteiger partial charge in [-0.15, -0.1) is 12.6 Å². The first-order chi connectivity index (χ1) is 10.5. The highest BCUT2D eigenvalue weighted by Gasteiger charge is 2.27. The summed E-state index contributed by atoms with van der Waals surface area (Å²) < 4.78 is 5.11. The Labute approximate surface area is 141 Å². The molecule has 7 heteroatoms. The minimum absolute atomic E-state index is 0.155. The molecule has 0 aliphatic carbocycles. The number of nitrogens with zero attached hydrogens (tertiary/aromatic N) is 1. The number of carbonyl (C=O) groups excluding carboxylic acids is 1. The highest BCUT2D eigenvalue weighted by Crippen LogP contribution is 2.37. The number of nitro groups is 1. The second kappa shape index (κ2) is 6.93. The van der Waals surface area contributed by atoms with E-state index in [4.69, 9.17) is 4.74 Å². The highest BCUT2D eigenvalue weighted by molar-refractivity contribution is 9.10. The van der Waals surface area contributed by atoms with Crippen LogP contribution >= 0.6 is 28.6 Å². The quantitative estimate of drug-likeness (QED) is 0.375. The molecule has 0 amide bonds. The summed E-state index contributed by atoms with van der Waals surface area (Å²) in [7, 11) is 1.24. The van der Waals surface area contributed by atoms with E-state index in [2.05, 4.69) is 28.6 Å². The molecular formula is C15H12BrNO4S. The van der Waals surface area contributed by atoms with Crippen LogP contribution in [0.15, 0.2) is 45.8 Å². The van der Waals surface area contributed by atoms with Gasteiger partial charge in [0.25, 0.3) is 5.69 Å². The average Bonchev–Trinajstić information content (AvgIpc) is 2.50. The van der Waals surface area contributed by atoms with Crippen molar-refractivity contribution < 1.29 is 14.5 Å². The molecule has 114 valence electrons. The maximum Gasteiger partial charge on any atom is 0.338 e. The molecule has 0 fully saturated rings. The van der Waals surface area contributed by atoms with Gasteiger partial charge in [-0.3, -0.25) is 10.1 Å². The van der Waals surface area contributed by atoms with Gasteiger partial charge in [-0.05, 0) is 27.6 Å². The Morgan fingerprint density at radius 2 is 2.00 bits per heavy atom. The predicted molar refractivity (Wildman–Crippen MR) is 88.6 cm³/mol. The number of thiol groups is 1. The van der Waals surface area contributed by atoms with Gasteiger partial charge in [0, 0.05) is 16.5 Å². The molecule has 0 saturated heterocycles. The van der Waals surface area contributed by atoms with Crippen LogP contribution in [0.4, 0.5) is 5.69 Å². The standard InChI is InChI=1S/C15H12BrNO4S/c1-21-15(18)11-8-12(16)14(22)13(17(19)20)10(11)7-9-5-3-2-4-6-9/h2-6,8,22H,7H2,1H3. The van der Waals surface area contributed by atoms with Gasteiger partial charge in [-0.1, -0.05) is 30.3 Å². The van der Waals surface area contributed by atoms with Crippen molar-refractivity contribution in [1.82, 2.24) is 0 Å². The smallest absolute Gasteiger partial charge is 0.338 e. The molecule has 0 aliphatic heterocycles. The van der Waals surface area contributed by atoms with Crippen LogP contribution in [0, 0.1) is 10.1 Å². The van der Waals surface area contributed by atoms with Gasteiger partial charge in [-0.25, -0.2) is 4.79 Å². The lowest BCUT2D eigenvalue weighted by Crippen LogP contribution is -2.10. The number of ether oxygens (including phenoxy) is 1. The summed E-state index contributed by atoms with van der Waals surface area (Å²) in [4.78, 5) is 23.1. The molecule has 5 nitrogen and oxygen atoms in total. The van der Waals surface area contributed by atoms with Crippen molar-refractivity contribution in [3.8, 4) is 0 Å². The van der Waals surface area contributed by atoms with Gasteiger partial charge in [0.2, 0.25) is 0 Å². The fourth-order valence-electron chi connectivity index (χ4n) is 2.13. The van der Waals surface area contributed by atoms with Gasteiger partial charge in [0.15, 0.2) is 0 Å². The lowest BCUT2D eigenvalue weighted by atomic mass is 9.98. The molecule has 0 bridgehead atoms. The van der Waals surface area contributed by atoms with E-state index in [0.717, 1.165) is 5.56 Å². The number of halogens is 1. The van der Waals surface area contributed by atoms with Gasteiger partial charge in [-0.2, -0.15) is 0 Å². The first-order valence-electron chi connectivity index (χ1n) is 6.26. The fraction of sp³-hybridized carbons (Fsp3) is 0.133. The number of hydrogen-bond donors (Lipinski definition) is 1. The van der Waals surface area contributed by atoms with Gasteiger partial charge in [0.05, 0.1) is 22.5 Å². The zero-order valence-electron chi connectivity index (χ0n) is 11.6. The monoisotopic (exact) mass is 381 g/mol. The SMILES string of the molecule is COC(=O)c1cc(Br)c(S)c([N+](=O)[O-])c1Cc1ccccc1. The van der Waals surface area contributed by atoms with E-state index < -0.39 is 10.9 Å². The van der Waals surface area contributed by atoms with E-state index >= 15 is 0 Å². The van der Waals surface area contributed by atoms with Crippen LogP contribution in [0.5, 0.6) is 0 Å². The minimum Gasteiger partial charge on any atom is -0.465 e. The zero-order valence-corrected chi connectivity index (χ0v) is 14.1. The third-order valence-corrected chi connectivity index (χ3v) is 4.53. The van der Waals surface area contributed by atoms with Gasteiger partial charge < -0.3 is 4.74 Å². The first-order valence-corrected chi connectivity index (χ1v) is 7.50. The molecule has 0 aliphatic rings. The van der Waals surface area contributed by atoms with Crippen LogP contribution in [0.1, 0.15) is 21.5 Å². The molecule has 0 radical (unpaired) electrons. The molecule has 0 heterocycles. The maximum absolute atomic E-state index is 12.0. The van der Waals surface area contributed by atoms with Crippen molar-refractivity contribution in [1.29, 1.82) is 0 Å². The number of carbonyl (C=O) groups is 1. The van der Waals surface area contributed by atoms with Crippen LogP contribution < -0.4 is 0 Å². The summed E-state index contributed by atoms with van der Waals surface area (Å²) in [6.45, 7) is 0. The average molecular weight is 382 g/mol. The topological polar surface area (TPSA) is 69.4 Å². The maximum atomic E-state index is 12.0. The lowest BCUT2D eigenvalue weighted by Gasteiger charge is -2.12. The number of benzene rings is 2. The zero-order chi connectivity index (χ0) is 16.3. The van der Waals surface area contributed by atoms with Crippen molar-refractivity contribution >= 4 is 40.2 Å². The molecule has 0 spiro atoms. The van der Waals surface area contributed by atoms with E-state index in [1.54, 1.807) is 0 Å². The van der Waals surface area contributed by atoms with Crippen LogP contribution in [-0.2, 0) is 11.2 Å². The number of methoxy groups -OCH3 is 1. The summed E-state index contributed by atoms with van der Waals surface area (Å²) in [5.74, 6) is -0.622. The van der Waals surface area contributed by atoms with E-state index in [1.165, 1.54) is 13.2 Å². The molecule has 0 unspecified atom stereocenters. The molecule has 0 N–H and O–H groups in total. The molecule has 2 aromatic rings. The van der Waals surface area contributed by atoms with Crippen LogP contribution in [0.2, 0.25) is 0 Å². The van der Waals surface area contributed by atoms with Crippen LogP contribution in [-0.4, -0.2) is 18.0 Å². The number of rotatable bonds is 4. The van der Waals surface area contributed by atoms with Crippen molar-refractivity contribution in [3.05, 3.63) is 67.7 Å². The van der Waals surface area contributed by atoms with E-state index in [9.17, 15) is 14.9 Å². The van der Waals surface area contributed by atoms with Crippen molar-refractivity contribution in [2.24, 2.45) is 0 Å². The predicted octanol–water partition coefficient (Wildman–Crippen LogP) is 4.02. The van der Waals surface area contributed by atoms with E-state index in [0.29, 0.717) is 4.47 Å². The summed E-state index contributed by atoms with van der Waals surface area (Å²) in [5, 5.41) is 11.4. The Morgan fingerprint density at radius 3 is 2.55 bits per heavy atom. The fourth-order valence-corrected chi connectivity index (χ4v) is 2.83. The molecule has 2 aromatic carbocycles. The van der Waals surface area contributed by atoms with Crippen LogP contribution in [0.3, 0.4) is 0 Å². The molecule has 0 atom stereocenters. The van der Waals surface area contributed by atoms with Crippen LogP contribution in [0.25, 0.3) is 0 Å². The summed E-state index contributed by atoms with van der Waals surface area (Å²) in [5.41, 5.74) is 1.10. The molecule has 0 saturated carbocycles. The van der Waals surface area contributed by atoms with Gasteiger partial charge >= 0.3 is 5.97 Å². The van der Waals surface area contributed by atoms with Crippen molar-refractivity contribution in [3.63, 3.8) is 0 Å². The largest absolute Gasteiger partial charge is 0.465 e. The molecule has 2 rings (SSSR count). The lowest BCUT2D eigenvalue weighted by molar-refractivity contribution is -0.388. The third kappa shape index (κ3) is 3.31. The van der Waals surface area contributed by atoms with E-state index in [-0.39, 0.29) is 28.1 Å². The third-order valence-electron chi connectivity index (χ3n) is 3.14. The number of hydrogen-bond acceptors (Lipinski definition) is 5. The Bertz CT molecular complexity index is 734. The highest BCUT2D eigenvalue weighted by atomic mass is 79.9. The Kier molecular flexibility index (Phi) is 5.20. The Balaban J connectivity index is 2.69. The van der Waals surface area contributed by atoms with E-state index in [1.807, 2.05) is 30.3 Å². The molecule has 0 aromatic heterocycles. The normalized spacial score (nSPS) is 10.3. The second-order valence-electron chi connectivity index (χ2n) is 4.49. The van der Waals surface area contributed by atoms with Crippen molar-refractivity contribution in [2.75, 3.05) is 7.11 Å². The summed E-state index contributed by atoms with van der Waals surface area (Å²) >= 11 is 7.38. The minimum atomic E-state index is -0.622. The number of nitro benzene ring substituents is 1.